The quantitative estimate of drug-likeness (QED) is 0.891. The molecule has 7 heteroatoms. The van der Waals surface area contributed by atoms with E-state index in [1.807, 2.05) is 6.92 Å². The number of ether oxygens (including phenoxy) is 2. The second-order valence-electron chi connectivity index (χ2n) is 4.71. The largest absolute Gasteiger partial charge is 0.489 e. The lowest BCUT2D eigenvalue weighted by Gasteiger charge is -2.14. The Morgan fingerprint density at radius 2 is 2.05 bits per heavy atom. The monoisotopic (exact) mass is 308 g/mol. The number of carboxylic acid groups (broad SMARTS) is 1. The van der Waals surface area contributed by atoms with E-state index in [2.05, 4.69) is 10.2 Å². The lowest BCUT2D eigenvalue weighted by atomic mass is 10.0. The number of nitrogens with zero attached hydrogens (tertiary/aromatic N) is 1. The Kier molecular flexibility index (Phi) is 3.47. The van der Waals surface area contributed by atoms with Crippen molar-refractivity contribution in [3.8, 4) is 22.8 Å². The zero-order chi connectivity index (χ0) is 15.0. The van der Waals surface area contributed by atoms with Crippen LogP contribution in [-0.4, -0.2) is 34.5 Å². The maximum atomic E-state index is 10.9. The van der Waals surface area contributed by atoms with Gasteiger partial charge < -0.3 is 14.6 Å². The Hall–Kier alpha value is -2.21. The summed E-state index contributed by atoms with van der Waals surface area (Å²) in [6, 6.07) is 3.18. The topological polar surface area (TPSA) is 84.4 Å². The van der Waals surface area contributed by atoms with E-state index in [0.717, 1.165) is 12.0 Å². The predicted octanol–water partition coefficient (Wildman–Crippen LogP) is 2.90. The fraction of sp³-hybridized carbons (Fsp3) is 0.286. The van der Waals surface area contributed by atoms with E-state index >= 15 is 0 Å². The number of hydrogen-bond acceptors (Lipinski definition) is 4. The molecule has 1 aliphatic rings. The van der Waals surface area contributed by atoms with Crippen molar-refractivity contribution in [1.82, 2.24) is 10.2 Å². The van der Waals surface area contributed by atoms with Crippen LogP contribution in [0.2, 0.25) is 5.02 Å². The van der Waals surface area contributed by atoms with E-state index in [9.17, 15) is 4.79 Å². The Balaban J connectivity index is 2.12. The van der Waals surface area contributed by atoms with Gasteiger partial charge in [0.2, 0.25) is 0 Å². The molecule has 21 heavy (non-hydrogen) atoms. The SMILES string of the molecule is Cc1c(-c2cc(C(=O)O)[nH]n2)cc(Cl)c2c1OCCCO2. The number of carbonyl (C=O) groups is 1. The molecule has 0 atom stereocenters. The number of aromatic carboxylic acids is 1. The maximum Gasteiger partial charge on any atom is 0.353 e. The molecule has 6 nitrogen and oxygen atoms in total. The number of rotatable bonds is 2. The van der Waals surface area contributed by atoms with Crippen LogP contribution in [0.5, 0.6) is 11.5 Å². The van der Waals surface area contributed by atoms with Crippen LogP contribution in [0.25, 0.3) is 11.3 Å². The normalized spacial score (nSPS) is 13.8. The average Bonchev–Trinajstić information content (AvgIpc) is 2.80. The summed E-state index contributed by atoms with van der Waals surface area (Å²) in [6.45, 7) is 2.97. The van der Waals surface area contributed by atoms with Gasteiger partial charge in [-0.3, -0.25) is 5.10 Å². The second kappa shape index (κ2) is 5.29. The van der Waals surface area contributed by atoms with E-state index in [1.165, 1.54) is 6.07 Å². The smallest absolute Gasteiger partial charge is 0.353 e. The van der Waals surface area contributed by atoms with Crippen LogP contribution in [0.15, 0.2) is 12.1 Å². The van der Waals surface area contributed by atoms with Crippen molar-refractivity contribution >= 4 is 17.6 Å². The molecule has 1 aromatic carbocycles. The molecule has 3 rings (SSSR count). The molecular formula is C14H13ClN2O4. The first-order valence-corrected chi connectivity index (χ1v) is 6.83. The number of aromatic amines is 1. The standard InChI is InChI=1S/C14H13ClN2O4/c1-7-8(10-6-11(14(18)19)17-16-10)5-9(15)13-12(7)20-3-2-4-21-13/h5-6H,2-4H2,1H3,(H,16,17)(H,18,19). The zero-order valence-corrected chi connectivity index (χ0v) is 12.0. The first kappa shape index (κ1) is 13.8. The zero-order valence-electron chi connectivity index (χ0n) is 11.3. The number of halogens is 1. The molecule has 0 radical (unpaired) electrons. The van der Waals surface area contributed by atoms with Gasteiger partial charge in [-0.2, -0.15) is 5.10 Å². The van der Waals surface area contributed by atoms with E-state index in [-0.39, 0.29) is 5.69 Å². The van der Waals surface area contributed by atoms with Gasteiger partial charge in [0, 0.05) is 17.5 Å². The van der Waals surface area contributed by atoms with Gasteiger partial charge in [-0.05, 0) is 19.1 Å². The highest BCUT2D eigenvalue weighted by molar-refractivity contribution is 6.32. The van der Waals surface area contributed by atoms with Crippen molar-refractivity contribution in [2.75, 3.05) is 13.2 Å². The number of aromatic nitrogens is 2. The molecule has 0 saturated carbocycles. The van der Waals surface area contributed by atoms with Gasteiger partial charge in [0.05, 0.1) is 23.9 Å². The van der Waals surface area contributed by atoms with Crippen LogP contribution >= 0.6 is 11.6 Å². The van der Waals surface area contributed by atoms with E-state index < -0.39 is 5.97 Å². The van der Waals surface area contributed by atoms with Gasteiger partial charge in [-0.1, -0.05) is 11.6 Å². The van der Waals surface area contributed by atoms with Gasteiger partial charge in [0.25, 0.3) is 0 Å². The molecule has 2 aromatic rings. The summed E-state index contributed by atoms with van der Waals surface area (Å²) in [5, 5.41) is 15.9. The van der Waals surface area contributed by atoms with Gasteiger partial charge in [0.1, 0.15) is 5.69 Å². The number of hydrogen-bond donors (Lipinski definition) is 2. The van der Waals surface area contributed by atoms with Crippen molar-refractivity contribution in [2.24, 2.45) is 0 Å². The van der Waals surface area contributed by atoms with E-state index in [0.29, 0.717) is 41.0 Å². The van der Waals surface area contributed by atoms with Gasteiger partial charge in [-0.15, -0.1) is 0 Å². The van der Waals surface area contributed by atoms with E-state index in [4.69, 9.17) is 26.2 Å². The van der Waals surface area contributed by atoms with E-state index in [1.54, 1.807) is 6.07 Å². The molecule has 2 heterocycles. The molecule has 0 fully saturated rings. The van der Waals surface area contributed by atoms with Crippen LogP contribution in [0.3, 0.4) is 0 Å². The third kappa shape index (κ3) is 2.42. The van der Waals surface area contributed by atoms with Crippen molar-refractivity contribution in [3.63, 3.8) is 0 Å². The number of fused-ring (bicyclic) bond motifs is 1. The Morgan fingerprint density at radius 1 is 1.33 bits per heavy atom. The number of benzene rings is 1. The molecule has 0 unspecified atom stereocenters. The van der Waals surface area contributed by atoms with Crippen LogP contribution in [0, 0.1) is 6.92 Å². The molecule has 0 saturated heterocycles. The summed E-state index contributed by atoms with van der Waals surface area (Å²) < 4.78 is 11.3. The maximum absolute atomic E-state index is 10.9. The molecule has 0 bridgehead atoms. The molecule has 1 aromatic heterocycles. The minimum Gasteiger partial charge on any atom is -0.489 e. The first-order chi connectivity index (χ1) is 10.1. The lowest BCUT2D eigenvalue weighted by molar-refractivity contribution is 0.0690. The first-order valence-electron chi connectivity index (χ1n) is 6.45. The van der Waals surface area contributed by atoms with Crippen molar-refractivity contribution < 1.29 is 19.4 Å². The highest BCUT2D eigenvalue weighted by Gasteiger charge is 2.22. The highest BCUT2D eigenvalue weighted by atomic mass is 35.5. The van der Waals surface area contributed by atoms with Crippen LogP contribution in [0.1, 0.15) is 22.5 Å². The fourth-order valence-electron chi connectivity index (χ4n) is 2.25. The Labute approximate surface area is 125 Å². The fourth-order valence-corrected chi connectivity index (χ4v) is 2.50. The van der Waals surface area contributed by atoms with Gasteiger partial charge in [0.15, 0.2) is 11.5 Å². The minimum absolute atomic E-state index is 0.0210. The number of carboxylic acids is 1. The third-order valence-electron chi connectivity index (χ3n) is 3.30. The van der Waals surface area contributed by atoms with Crippen LogP contribution < -0.4 is 9.47 Å². The minimum atomic E-state index is -1.06. The second-order valence-corrected chi connectivity index (χ2v) is 5.12. The summed E-state index contributed by atoms with van der Waals surface area (Å²) in [6.07, 6.45) is 0.783. The summed E-state index contributed by atoms with van der Waals surface area (Å²) in [7, 11) is 0. The predicted molar refractivity (Wildman–Crippen MR) is 76.3 cm³/mol. The Morgan fingerprint density at radius 3 is 2.71 bits per heavy atom. The molecule has 0 amide bonds. The van der Waals surface area contributed by atoms with Crippen molar-refractivity contribution in [1.29, 1.82) is 0 Å². The molecule has 2 N–H and O–H groups in total. The summed E-state index contributed by atoms with van der Waals surface area (Å²) in [5.41, 5.74) is 2.06. The molecule has 0 aliphatic carbocycles. The third-order valence-corrected chi connectivity index (χ3v) is 3.59. The van der Waals surface area contributed by atoms with Gasteiger partial charge in [-0.25, -0.2) is 4.79 Å². The van der Waals surface area contributed by atoms with Crippen LogP contribution in [-0.2, 0) is 0 Å². The van der Waals surface area contributed by atoms with Gasteiger partial charge >= 0.3 is 5.97 Å². The molecular weight excluding hydrogens is 296 g/mol. The van der Waals surface area contributed by atoms with Crippen LogP contribution in [0.4, 0.5) is 0 Å². The summed E-state index contributed by atoms with van der Waals surface area (Å²) in [4.78, 5) is 10.9. The number of H-pyrrole nitrogens is 1. The highest BCUT2D eigenvalue weighted by Crippen LogP contribution is 2.44. The number of nitrogens with one attached hydrogen (secondary N) is 1. The van der Waals surface area contributed by atoms with Crippen molar-refractivity contribution in [3.05, 3.63) is 28.4 Å². The summed E-state index contributed by atoms with van der Waals surface area (Å²) >= 11 is 6.25. The molecule has 1 aliphatic heterocycles. The summed E-state index contributed by atoms with van der Waals surface area (Å²) in [5.74, 6) is 0.0612. The lowest BCUT2D eigenvalue weighted by Crippen LogP contribution is -1.98. The average molecular weight is 309 g/mol. The Bertz CT molecular complexity index is 711. The molecule has 110 valence electrons. The van der Waals surface area contributed by atoms with Crippen molar-refractivity contribution in [2.45, 2.75) is 13.3 Å². The molecule has 0 spiro atoms.